The van der Waals surface area contributed by atoms with Crippen molar-refractivity contribution < 1.29 is 13.2 Å². The average molecular weight is 285 g/mol. The lowest BCUT2D eigenvalue weighted by Crippen LogP contribution is -2.32. The van der Waals surface area contributed by atoms with Gasteiger partial charge in [-0.05, 0) is 26.2 Å². The maximum absolute atomic E-state index is 11.8. The molecule has 6 nitrogen and oxygen atoms in total. The van der Waals surface area contributed by atoms with Crippen molar-refractivity contribution in [2.24, 2.45) is 5.92 Å². The molecule has 0 aromatic carbocycles. The largest absolute Gasteiger partial charge is 0.269 e. The first-order valence-corrected chi connectivity index (χ1v) is 8.11. The van der Waals surface area contributed by atoms with Gasteiger partial charge in [0.15, 0.2) is 0 Å². The fourth-order valence-electron chi connectivity index (χ4n) is 1.72. The second-order valence-corrected chi connectivity index (χ2v) is 7.13. The Bertz CT molecular complexity index is 559. The number of aromatic nitrogens is 2. The Balaban J connectivity index is 1.94. The smallest absolute Gasteiger partial charge is 0.267 e. The van der Waals surface area contributed by atoms with Crippen LogP contribution in [0.5, 0.6) is 0 Å². The molecular weight excluding hydrogens is 266 g/mol. The Kier molecular flexibility index (Phi) is 3.93. The number of hydrogen-bond acceptors (Lipinski definition) is 4. The third kappa shape index (κ3) is 4.05. The van der Waals surface area contributed by atoms with Crippen LogP contribution >= 0.6 is 0 Å². The Labute approximate surface area is 113 Å². The summed E-state index contributed by atoms with van der Waals surface area (Å²) in [6.07, 6.45) is 5.77. The number of nitrogens with zero attached hydrogens (tertiary/aromatic N) is 2. The summed E-state index contributed by atoms with van der Waals surface area (Å²) in [4.78, 5) is 11.8. The maximum atomic E-state index is 11.8. The van der Waals surface area contributed by atoms with Gasteiger partial charge in [0.2, 0.25) is 10.0 Å². The van der Waals surface area contributed by atoms with Crippen LogP contribution < -0.4 is 4.72 Å². The first-order valence-electron chi connectivity index (χ1n) is 6.46. The summed E-state index contributed by atoms with van der Waals surface area (Å²) in [7, 11) is -3.53. The van der Waals surface area contributed by atoms with E-state index >= 15 is 0 Å². The van der Waals surface area contributed by atoms with Gasteiger partial charge in [0.25, 0.3) is 5.91 Å². The van der Waals surface area contributed by atoms with E-state index in [0.29, 0.717) is 12.3 Å². The fourth-order valence-corrected chi connectivity index (χ4v) is 2.86. The number of nitrogens with one attached hydrogen (secondary N) is 1. The van der Waals surface area contributed by atoms with Crippen molar-refractivity contribution in [3.8, 4) is 0 Å². The van der Waals surface area contributed by atoms with E-state index in [4.69, 9.17) is 0 Å². The van der Waals surface area contributed by atoms with Crippen LogP contribution in [0, 0.1) is 5.92 Å². The second-order valence-electron chi connectivity index (χ2n) is 5.28. The Hall–Kier alpha value is -1.37. The van der Waals surface area contributed by atoms with Gasteiger partial charge in [0.1, 0.15) is 0 Å². The van der Waals surface area contributed by atoms with Gasteiger partial charge in [0.05, 0.1) is 17.5 Å². The normalized spacial score (nSPS) is 15.7. The fraction of sp³-hybridized carbons (Fsp3) is 0.667. The highest BCUT2D eigenvalue weighted by molar-refractivity contribution is 7.90. The van der Waals surface area contributed by atoms with Crippen molar-refractivity contribution in [2.45, 2.75) is 39.2 Å². The van der Waals surface area contributed by atoms with Gasteiger partial charge in [-0.3, -0.25) is 9.48 Å². The maximum Gasteiger partial charge on any atom is 0.267 e. The van der Waals surface area contributed by atoms with Gasteiger partial charge >= 0.3 is 0 Å². The molecule has 0 atom stereocenters. The predicted molar refractivity (Wildman–Crippen MR) is 71.2 cm³/mol. The first-order chi connectivity index (χ1) is 8.87. The quantitative estimate of drug-likeness (QED) is 0.854. The van der Waals surface area contributed by atoms with Gasteiger partial charge < -0.3 is 0 Å². The number of hydrogen-bond donors (Lipinski definition) is 1. The van der Waals surface area contributed by atoms with Crippen molar-refractivity contribution in [2.75, 3.05) is 5.75 Å². The molecule has 0 saturated heterocycles. The van der Waals surface area contributed by atoms with E-state index in [1.54, 1.807) is 10.9 Å². The van der Waals surface area contributed by atoms with Gasteiger partial charge in [-0.1, -0.05) is 12.8 Å². The predicted octanol–water partition coefficient (Wildman–Crippen LogP) is 1.32. The molecule has 1 aliphatic carbocycles. The lowest BCUT2D eigenvalue weighted by Gasteiger charge is -2.05. The molecule has 0 aliphatic heterocycles. The summed E-state index contributed by atoms with van der Waals surface area (Å²) < 4.78 is 27.2. The molecule has 0 bridgehead atoms. The van der Waals surface area contributed by atoms with E-state index in [1.807, 2.05) is 13.8 Å². The first kappa shape index (κ1) is 14.0. The van der Waals surface area contributed by atoms with E-state index in [9.17, 15) is 13.2 Å². The lowest BCUT2D eigenvalue weighted by molar-refractivity contribution is 0.0981. The number of sulfonamides is 1. The zero-order valence-electron chi connectivity index (χ0n) is 11.2. The Morgan fingerprint density at radius 3 is 2.74 bits per heavy atom. The zero-order valence-corrected chi connectivity index (χ0v) is 12.0. The molecule has 0 radical (unpaired) electrons. The second kappa shape index (κ2) is 5.32. The standard InChI is InChI=1S/C12H19N3O3S/c1-9(2)15-8-11(7-13-15)12(16)14-19(17,18)6-5-10-3-4-10/h7-10H,3-6H2,1-2H3,(H,14,16). The molecule has 1 heterocycles. The van der Waals surface area contributed by atoms with Crippen molar-refractivity contribution in [3.05, 3.63) is 18.0 Å². The third-order valence-corrected chi connectivity index (χ3v) is 4.40. The zero-order chi connectivity index (χ0) is 14.0. The van der Waals surface area contributed by atoms with E-state index < -0.39 is 15.9 Å². The molecule has 2 rings (SSSR count). The SMILES string of the molecule is CC(C)n1cc(C(=O)NS(=O)(=O)CCC2CC2)cn1. The summed E-state index contributed by atoms with van der Waals surface area (Å²) in [5.41, 5.74) is 0.267. The average Bonchev–Trinajstić information content (AvgIpc) is 3.00. The molecule has 1 aromatic rings. The molecule has 106 valence electrons. The molecule has 1 fully saturated rings. The van der Waals surface area contributed by atoms with Crippen LogP contribution in [0.1, 0.15) is 49.5 Å². The van der Waals surface area contributed by atoms with Crippen LogP contribution in [0.25, 0.3) is 0 Å². The molecule has 1 aromatic heterocycles. The van der Waals surface area contributed by atoms with Crippen molar-refractivity contribution in [1.29, 1.82) is 0 Å². The minimum Gasteiger partial charge on any atom is -0.269 e. The van der Waals surface area contributed by atoms with Crippen LogP contribution in [-0.2, 0) is 10.0 Å². The van der Waals surface area contributed by atoms with Gasteiger partial charge in [0, 0.05) is 12.2 Å². The van der Waals surface area contributed by atoms with Crippen LogP contribution in [0.15, 0.2) is 12.4 Å². The molecule has 1 saturated carbocycles. The molecule has 1 N–H and O–H groups in total. The minimum atomic E-state index is -3.53. The summed E-state index contributed by atoms with van der Waals surface area (Å²) in [5.74, 6) is -0.0695. The number of amides is 1. The van der Waals surface area contributed by atoms with Crippen molar-refractivity contribution in [1.82, 2.24) is 14.5 Å². The van der Waals surface area contributed by atoms with Gasteiger partial charge in [-0.15, -0.1) is 0 Å². The highest BCUT2D eigenvalue weighted by atomic mass is 32.2. The Morgan fingerprint density at radius 2 is 2.21 bits per heavy atom. The monoisotopic (exact) mass is 285 g/mol. The van der Waals surface area contributed by atoms with E-state index in [2.05, 4.69) is 9.82 Å². The van der Waals surface area contributed by atoms with Crippen LogP contribution in [0.3, 0.4) is 0 Å². The minimum absolute atomic E-state index is 0.0156. The summed E-state index contributed by atoms with van der Waals surface area (Å²) in [5, 5.41) is 4.01. The molecule has 0 unspecified atom stereocenters. The lowest BCUT2D eigenvalue weighted by atomic mass is 10.3. The molecular formula is C12H19N3O3S. The van der Waals surface area contributed by atoms with Crippen LogP contribution in [-0.4, -0.2) is 29.9 Å². The molecule has 0 spiro atoms. The Morgan fingerprint density at radius 1 is 1.53 bits per heavy atom. The van der Waals surface area contributed by atoms with Crippen LogP contribution in [0.2, 0.25) is 0 Å². The highest BCUT2D eigenvalue weighted by Crippen LogP contribution is 2.32. The van der Waals surface area contributed by atoms with Gasteiger partial charge in [-0.25, -0.2) is 13.1 Å². The van der Waals surface area contributed by atoms with E-state index in [1.165, 1.54) is 6.20 Å². The summed E-state index contributed by atoms with van der Waals surface area (Å²) in [6, 6.07) is 0.132. The summed E-state index contributed by atoms with van der Waals surface area (Å²) in [6.45, 7) is 3.86. The highest BCUT2D eigenvalue weighted by Gasteiger charge is 2.25. The topological polar surface area (TPSA) is 81.1 Å². The molecule has 1 aliphatic rings. The van der Waals surface area contributed by atoms with Crippen LogP contribution in [0.4, 0.5) is 0 Å². The number of carbonyl (C=O) groups excluding carboxylic acids is 1. The van der Waals surface area contributed by atoms with E-state index in [-0.39, 0.29) is 17.4 Å². The summed E-state index contributed by atoms with van der Waals surface area (Å²) >= 11 is 0. The molecule has 1 amide bonds. The van der Waals surface area contributed by atoms with E-state index in [0.717, 1.165) is 12.8 Å². The number of carbonyl (C=O) groups is 1. The van der Waals surface area contributed by atoms with Crippen molar-refractivity contribution in [3.63, 3.8) is 0 Å². The molecule has 7 heteroatoms. The van der Waals surface area contributed by atoms with Gasteiger partial charge in [-0.2, -0.15) is 5.10 Å². The third-order valence-electron chi connectivity index (χ3n) is 3.13. The number of rotatable bonds is 6. The molecule has 19 heavy (non-hydrogen) atoms. The van der Waals surface area contributed by atoms with Crippen molar-refractivity contribution >= 4 is 15.9 Å².